The van der Waals surface area contributed by atoms with Crippen molar-refractivity contribution in [3.8, 4) is 23.0 Å². The van der Waals surface area contributed by atoms with E-state index < -0.39 is 31.2 Å². The Labute approximate surface area is 128 Å². The van der Waals surface area contributed by atoms with Crippen molar-refractivity contribution in [2.24, 2.45) is 0 Å². The molecule has 0 amide bonds. The zero-order valence-corrected chi connectivity index (χ0v) is 12.4. The molecule has 0 fully saturated rings. The Bertz CT molecular complexity index is 1040. The molecule has 4 N–H and O–H groups in total. The maximum absolute atomic E-state index is 11.5. The lowest BCUT2D eigenvalue weighted by atomic mass is 9.99. The predicted octanol–water partition coefficient (Wildman–Crippen LogP) is 2.74. The second-order valence-electron chi connectivity index (χ2n) is 4.68. The Morgan fingerprint density at radius 2 is 1.32 bits per heavy atom. The number of phenols is 4. The van der Waals surface area contributed by atoms with Crippen molar-refractivity contribution in [1.82, 2.24) is 0 Å². The third kappa shape index (κ3) is 1.90. The molecule has 3 aromatic rings. The SMILES string of the molecule is O=S(=O)(Cl)c1cc2c(O)c3ccccc3c(O)c2c(O)c1O. The molecule has 0 heterocycles. The first-order chi connectivity index (χ1) is 10.2. The summed E-state index contributed by atoms with van der Waals surface area (Å²) in [6.45, 7) is 0. The van der Waals surface area contributed by atoms with E-state index in [-0.39, 0.29) is 27.3 Å². The highest BCUT2D eigenvalue weighted by Gasteiger charge is 2.25. The number of aromatic hydroxyl groups is 4. The minimum atomic E-state index is -4.36. The normalized spacial score (nSPS) is 12.0. The van der Waals surface area contributed by atoms with Crippen molar-refractivity contribution in [3.05, 3.63) is 30.3 Å². The molecule has 114 valence electrons. The molecule has 0 aliphatic heterocycles. The van der Waals surface area contributed by atoms with Crippen molar-refractivity contribution < 1.29 is 28.8 Å². The van der Waals surface area contributed by atoms with E-state index in [9.17, 15) is 28.8 Å². The van der Waals surface area contributed by atoms with Crippen LogP contribution >= 0.6 is 10.7 Å². The molecule has 0 spiro atoms. The number of hydrogen-bond acceptors (Lipinski definition) is 6. The van der Waals surface area contributed by atoms with Crippen LogP contribution < -0.4 is 0 Å². The van der Waals surface area contributed by atoms with E-state index in [4.69, 9.17) is 10.7 Å². The highest BCUT2D eigenvalue weighted by Crippen LogP contribution is 2.50. The number of halogens is 1. The van der Waals surface area contributed by atoms with Crippen LogP contribution in [0, 0.1) is 0 Å². The van der Waals surface area contributed by atoms with Crippen molar-refractivity contribution in [1.29, 1.82) is 0 Å². The summed E-state index contributed by atoms with van der Waals surface area (Å²) in [6.07, 6.45) is 0. The zero-order valence-electron chi connectivity index (χ0n) is 10.8. The van der Waals surface area contributed by atoms with Crippen LogP contribution in [0.2, 0.25) is 0 Å². The lowest BCUT2D eigenvalue weighted by molar-refractivity contribution is 0.395. The van der Waals surface area contributed by atoms with Gasteiger partial charge in [-0.25, -0.2) is 8.42 Å². The Kier molecular flexibility index (Phi) is 3.01. The van der Waals surface area contributed by atoms with Gasteiger partial charge in [-0.15, -0.1) is 0 Å². The maximum atomic E-state index is 11.5. The number of rotatable bonds is 1. The van der Waals surface area contributed by atoms with E-state index in [0.717, 1.165) is 6.07 Å². The predicted molar refractivity (Wildman–Crippen MR) is 81.2 cm³/mol. The number of hydrogen-bond donors (Lipinski definition) is 4. The molecule has 0 aliphatic carbocycles. The smallest absolute Gasteiger partial charge is 0.265 e. The third-order valence-electron chi connectivity index (χ3n) is 3.43. The molecule has 3 aromatic carbocycles. The van der Waals surface area contributed by atoms with Gasteiger partial charge in [-0.05, 0) is 6.07 Å². The zero-order chi connectivity index (χ0) is 16.2. The van der Waals surface area contributed by atoms with Gasteiger partial charge in [-0.2, -0.15) is 0 Å². The van der Waals surface area contributed by atoms with Gasteiger partial charge in [-0.1, -0.05) is 24.3 Å². The first-order valence-electron chi connectivity index (χ1n) is 5.99. The molecule has 0 bridgehead atoms. The van der Waals surface area contributed by atoms with Gasteiger partial charge >= 0.3 is 0 Å². The highest BCUT2D eigenvalue weighted by atomic mass is 35.7. The Hall–Kier alpha value is -2.38. The van der Waals surface area contributed by atoms with Crippen LogP contribution in [0.4, 0.5) is 0 Å². The number of fused-ring (bicyclic) bond motifs is 2. The van der Waals surface area contributed by atoms with Gasteiger partial charge in [0.2, 0.25) is 0 Å². The average Bonchev–Trinajstić information content (AvgIpc) is 2.46. The van der Waals surface area contributed by atoms with Gasteiger partial charge in [0.1, 0.15) is 16.4 Å². The van der Waals surface area contributed by atoms with Gasteiger partial charge in [0, 0.05) is 26.8 Å². The lowest BCUT2D eigenvalue weighted by Gasteiger charge is -2.13. The summed E-state index contributed by atoms with van der Waals surface area (Å²) in [4.78, 5) is -0.760. The molecule has 0 radical (unpaired) electrons. The molecule has 8 heteroatoms. The first-order valence-corrected chi connectivity index (χ1v) is 8.30. The van der Waals surface area contributed by atoms with Crippen molar-refractivity contribution in [2.75, 3.05) is 0 Å². The van der Waals surface area contributed by atoms with Crippen molar-refractivity contribution in [2.45, 2.75) is 4.90 Å². The van der Waals surface area contributed by atoms with Gasteiger partial charge in [0.25, 0.3) is 9.05 Å². The summed E-state index contributed by atoms with van der Waals surface area (Å²) in [5, 5.41) is 40.5. The Morgan fingerprint density at radius 1 is 0.773 bits per heavy atom. The number of benzene rings is 3. The lowest BCUT2D eigenvalue weighted by Crippen LogP contribution is -1.93. The highest BCUT2D eigenvalue weighted by molar-refractivity contribution is 8.13. The van der Waals surface area contributed by atoms with E-state index in [2.05, 4.69) is 0 Å². The van der Waals surface area contributed by atoms with Crippen LogP contribution in [-0.4, -0.2) is 28.8 Å². The van der Waals surface area contributed by atoms with E-state index in [1.54, 1.807) is 12.1 Å². The standard InChI is InChI=1S/C14H9ClO6S/c15-22(20,21)9-5-8-10(14(19)13(9)18)12(17)7-4-2-1-3-6(7)11(8)16/h1-5,16-19H. The molecular weight excluding hydrogens is 332 g/mol. The first kappa shape index (κ1) is 14.6. The van der Waals surface area contributed by atoms with E-state index >= 15 is 0 Å². The summed E-state index contributed by atoms with van der Waals surface area (Å²) in [5.41, 5.74) is 0. The van der Waals surface area contributed by atoms with Crippen LogP contribution in [0.15, 0.2) is 35.2 Å². The fraction of sp³-hybridized carbons (Fsp3) is 0. The van der Waals surface area contributed by atoms with Crippen LogP contribution in [0.1, 0.15) is 0 Å². The molecule has 6 nitrogen and oxygen atoms in total. The minimum absolute atomic E-state index is 0.147. The van der Waals surface area contributed by atoms with E-state index in [0.29, 0.717) is 0 Å². The molecule has 22 heavy (non-hydrogen) atoms. The molecule has 0 saturated carbocycles. The largest absolute Gasteiger partial charge is 0.507 e. The van der Waals surface area contributed by atoms with Gasteiger partial charge in [0.15, 0.2) is 11.5 Å². The molecule has 3 rings (SSSR count). The van der Waals surface area contributed by atoms with E-state index in [1.807, 2.05) is 0 Å². The Balaban J connectivity index is 2.66. The minimum Gasteiger partial charge on any atom is -0.507 e. The summed E-state index contributed by atoms with van der Waals surface area (Å²) in [5.74, 6) is -2.61. The van der Waals surface area contributed by atoms with Crippen molar-refractivity contribution in [3.63, 3.8) is 0 Å². The maximum Gasteiger partial charge on any atom is 0.265 e. The quantitative estimate of drug-likeness (QED) is 0.234. The van der Waals surface area contributed by atoms with Gasteiger partial charge in [0.05, 0.1) is 5.39 Å². The molecule has 0 atom stereocenters. The molecule has 0 saturated heterocycles. The van der Waals surface area contributed by atoms with Gasteiger partial charge < -0.3 is 20.4 Å². The average molecular weight is 341 g/mol. The summed E-state index contributed by atoms with van der Waals surface area (Å²) >= 11 is 0. The van der Waals surface area contributed by atoms with Crippen molar-refractivity contribution >= 4 is 41.3 Å². The van der Waals surface area contributed by atoms with Crippen LogP contribution in [0.5, 0.6) is 23.0 Å². The van der Waals surface area contributed by atoms with Crippen LogP contribution in [0.25, 0.3) is 21.5 Å². The van der Waals surface area contributed by atoms with Crippen LogP contribution in [-0.2, 0) is 9.05 Å². The summed E-state index contributed by atoms with van der Waals surface area (Å²) < 4.78 is 22.9. The second kappa shape index (κ2) is 4.56. The fourth-order valence-corrected chi connectivity index (χ4v) is 3.36. The second-order valence-corrected chi connectivity index (χ2v) is 7.21. The van der Waals surface area contributed by atoms with E-state index in [1.165, 1.54) is 12.1 Å². The molecule has 0 aromatic heterocycles. The third-order valence-corrected chi connectivity index (χ3v) is 4.77. The Morgan fingerprint density at radius 3 is 1.86 bits per heavy atom. The summed E-state index contributed by atoms with van der Waals surface area (Å²) in [6, 6.07) is 7.15. The number of phenolic OH excluding ortho intramolecular Hbond substituents is 4. The topological polar surface area (TPSA) is 115 Å². The monoisotopic (exact) mass is 340 g/mol. The van der Waals surface area contributed by atoms with Crippen LogP contribution in [0.3, 0.4) is 0 Å². The fourth-order valence-electron chi connectivity index (χ4n) is 2.42. The molecular formula is C14H9ClO6S. The molecule has 0 unspecified atom stereocenters. The summed E-state index contributed by atoms with van der Waals surface area (Å²) in [7, 11) is 0.843. The molecule has 0 aliphatic rings. The van der Waals surface area contributed by atoms with Gasteiger partial charge in [-0.3, -0.25) is 0 Å².